The van der Waals surface area contributed by atoms with Gasteiger partial charge in [-0.05, 0) is 30.2 Å². The molecule has 2 amide bonds. The fourth-order valence-electron chi connectivity index (χ4n) is 2.98. The minimum atomic E-state index is -3.18. The summed E-state index contributed by atoms with van der Waals surface area (Å²) in [5, 5.41) is 15.9. The summed E-state index contributed by atoms with van der Waals surface area (Å²) in [6.07, 6.45) is 1.78. The maximum atomic E-state index is 12.7. The van der Waals surface area contributed by atoms with E-state index < -0.39 is 32.6 Å². The van der Waals surface area contributed by atoms with Gasteiger partial charge in [0.05, 0.1) is 16.4 Å². The van der Waals surface area contributed by atoms with Crippen LogP contribution in [0.25, 0.3) is 6.08 Å². The van der Waals surface area contributed by atoms with E-state index in [1.165, 1.54) is 30.3 Å². The molecule has 0 saturated carbocycles. The Hall–Kier alpha value is -3.53. The van der Waals surface area contributed by atoms with E-state index >= 15 is 0 Å². The van der Waals surface area contributed by atoms with Crippen molar-refractivity contribution in [1.82, 2.24) is 10.6 Å². The molecule has 1 saturated heterocycles. The lowest BCUT2D eigenvalue weighted by molar-refractivity contribution is -0.384. The topological polar surface area (TPSA) is 135 Å². The zero-order valence-corrected chi connectivity index (χ0v) is 16.6. The average molecular weight is 429 g/mol. The molecule has 30 heavy (non-hydrogen) atoms. The van der Waals surface area contributed by atoms with E-state index in [1.54, 1.807) is 30.3 Å². The summed E-state index contributed by atoms with van der Waals surface area (Å²) < 4.78 is 23.3. The lowest BCUT2D eigenvalue weighted by Gasteiger charge is -2.14. The summed E-state index contributed by atoms with van der Waals surface area (Å²) in [6.45, 7) is 0. The molecule has 9 nitrogen and oxygen atoms in total. The van der Waals surface area contributed by atoms with Gasteiger partial charge in [0, 0.05) is 23.7 Å². The van der Waals surface area contributed by atoms with Gasteiger partial charge in [-0.1, -0.05) is 30.3 Å². The number of nitrogens with one attached hydrogen (secondary N) is 2. The molecule has 0 radical (unpaired) electrons. The van der Waals surface area contributed by atoms with Crippen molar-refractivity contribution in [3.05, 3.63) is 81.5 Å². The van der Waals surface area contributed by atoms with E-state index in [2.05, 4.69) is 10.6 Å². The van der Waals surface area contributed by atoms with Crippen LogP contribution in [0.15, 0.2) is 60.3 Å². The molecule has 1 atom stereocenters. The number of benzene rings is 2. The predicted octanol–water partition coefficient (Wildman–Crippen LogP) is 1.67. The molecule has 1 aliphatic heterocycles. The van der Waals surface area contributed by atoms with Crippen molar-refractivity contribution in [3.63, 3.8) is 0 Å². The number of nitro groups is 1. The van der Waals surface area contributed by atoms with Crippen molar-refractivity contribution in [2.24, 2.45) is 0 Å². The number of nitrogens with zero attached hydrogens (tertiary/aromatic N) is 1. The Bertz CT molecular complexity index is 1100. The van der Waals surface area contributed by atoms with Gasteiger partial charge in [-0.2, -0.15) is 0 Å². The van der Waals surface area contributed by atoms with Crippen molar-refractivity contribution < 1.29 is 22.9 Å². The number of carbonyl (C=O) groups excluding carboxylic acids is 2. The first kappa shape index (κ1) is 21.2. The Morgan fingerprint density at radius 1 is 1.07 bits per heavy atom. The van der Waals surface area contributed by atoms with Crippen LogP contribution < -0.4 is 10.6 Å². The second kappa shape index (κ2) is 8.87. The smallest absolute Gasteiger partial charge is 0.269 e. The van der Waals surface area contributed by atoms with Crippen LogP contribution in [0.5, 0.6) is 0 Å². The van der Waals surface area contributed by atoms with Crippen molar-refractivity contribution in [2.75, 3.05) is 11.5 Å². The molecular weight excluding hydrogens is 410 g/mol. The number of hydrogen-bond donors (Lipinski definition) is 2. The van der Waals surface area contributed by atoms with Crippen molar-refractivity contribution in [3.8, 4) is 0 Å². The second-order valence-corrected chi connectivity index (χ2v) is 9.03. The van der Waals surface area contributed by atoms with Gasteiger partial charge in [-0.15, -0.1) is 0 Å². The molecule has 2 aromatic carbocycles. The number of hydrogen-bond acceptors (Lipinski definition) is 6. The van der Waals surface area contributed by atoms with Crippen LogP contribution in [0.4, 0.5) is 5.69 Å². The van der Waals surface area contributed by atoms with Gasteiger partial charge in [-0.3, -0.25) is 19.7 Å². The normalized spacial score (nSPS) is 17.9. The third kappa shape index (κ3) is 5.51. The number of carbonyl (C=O) groups is 2. The van der Waals surface area contributed by atoms with E-state index in [1.807, 2.05) is 0 Å². The summed E-state index contributed by atoms with van der Waals surface area (Å²) in [7, 11) is -3.18. The summed E-state index contributed by atoms with van der Waals surface area (Å²) in [5.41, 5.74) is 0.571. The Kier molecular flexibility index (Phi) is 6.26. The minimum absolute atomic E-state index is 0.00480. The fourth-order valence-corrected chi connectivity index (χ4v) is 4.65. The molecular formula is C20H19N3O6S. The first-order valence-corrected chi connectivity index (χ1v) is 10.9. The quantitative estimate of drug-likeness (QED) is 0.407. The van der Waals surface area contributed by atoms with Crippen molar-refractivity contribution >= 4 is 33.4 Å². The lowest BCUT2D eigenvalue weighted by atomic mass is 10.1. The summed E-state index contributed by atoms with van der Waals surface area (Å²) in [4.78, 5) is 35.5. The molecule has 0 aliphatic carbocycles. The van der Waals surface area contributed by atoms with E-state index in [4.69, 9.17) is 0 Å². The molecule has 3 rings (SSSR count). The Labute approximate surface area is 172 Å². The lowest BCUT2D eigenvalue weighted by Crippen LogP contribution is -2.41. The van der Waals surface area contributed by atoms with Gasteiger partial charge in [0.25, 0.3) is 17.5 Å². The van der Waals surface area contributed by atoms with Gasteiger partial charge in [-0.25, -0.2) is 8.42 Å². The maximum absolute atomic E-state index is 12.7. The summed E-state index contributed by atoms with van der Waals surface area (Å²) in [5.74, 6) is -1.38. The largest absolute Gasteiger partial charge is 0.347 e. The first-order chi connectivity index (χ1) is 14.2. The van der Waals surface area contributed by atoms with Crippen molar-refractivity contribution in [1.29, 1.82) is 0 Å². The number of non-ortho nitro benzene ring substituents is 1. The fraction of sp³-hybridized carbons (Fsp3) is 0.200. The predicted molar refractivity (Wildman–Crippen MR) is 110 cm³/mol. The van der Waals surface area contributed by atoms with E-state index in [0.717, 1.165) is 0 Å². The monoisotopic (exact) mass is 429 g/mol. The average Bonchev–Trinajstić information content (AvgIpc) is 3.06. The summed E-state index contributed by atoms with van der Waals surface area (Å²) >= 11 is 0. The second-order valence-electron chi connectivity index (χ2n) is 6.80. The van der Waals surface area contributed by atoms with E-state index in [9.17, 15) is 28.1 Å². The van der Waals surface area contributed by atoms with Crippen LogP contribution in [-0.2, 0) is 14.6 Å². The zero-order valence-electron chi connectivity index (χ0n) is 15.8. The van der Waals surface area contributed by atoms with Gasteiger partial charge in [0.2, 0.25) is 0 Å². The molecule has 1 heterocycles. The number of sulfone groups is 1. The highest BCUT2D eigenvalue weighted by Gasteiger charge is 2.30. The van der Waals surface area contributed by atoms with Crippen LogP contribution in [-0.4, -0.2) is 42.7 Å². The minimum Gasteiger partial charge on any atom is -0.347 e. The highest BCUT2D eigenvalue weighted by Crippen LogP contribution is 2.14. The zero-order chi connectivity index (χ0) is 21.7. The maximum Gasteiger partial charge on any atom is 0.269 e. The third-order valence-corrected chi connectivity index (χ3v) is 6.28. The molecule has 1 aliphatic rings. The third-order valence-electron chi connectivity index (χ3n) is 4.51. The SMILES string of the molecule is O=C(NC1CCS(=O)(=O)C1)/C(=C\c1ccccc1)NC(=O)c1ccc([N+](=O)[O-])cc1. The number of amides is 2. The van der Waals surface area contributed by atoms with Crippen molar-refractivity contribution in [2.45, 2.75) is 12.5 Å². The van der Waals surface area contributed by atoms with E-state index in [0.29, 0.717) is 12.0 Å². The molecule has 0 spiro atoms. The Balaban J connectivity index is 1.80. The molecule has 2 N–H and O–H groups in total. The Morgan fingerprint density at radius 3 is 2.30 bits per heavy atom. The molecule has 2 aromatic rings. The van der Waals surface area contributed by atoms with Crippen LogP contribution in [0.2, 0.25) is 0 Å². The molecule has 10 heteroatoms. The Morgan fingerprint density at radius 2 is 1.73 bits per heavy atom. The molecule has 156 valence electrons. The molecule has 1 unspecified atom stereocenters. The van der Waals surface area contributed by atoms with Crippen LogP contribution in [0.1, 0.15) is 22.3 Å². The summed E-state index contributed by atoms with van der Waals surface area (Å²) in [6, 6.07) is 13.2. The van der Waals surface area contributed by atoms with Crippen LogP contribution in [0, 0.1) is 10.1 Å². The van der Waals surface area contributed by atoms with Gasteiger partial charge < -0.3 is 10.6 Å². The van der Waals surface area contributed by atoms with E-state index in [-0.39, 0.29) is 28.5 Å². The van der Waals surface area contributed by atoms with Gasteiger partial charge in [0.15, 0.2) is 9.84 Å². The van der Waals surface area contributed by atoms with Gasteiger partial charge in [0.1, 0.15) is 5.70 Å². The van der Waals surface area contributed by atoms with Gasteiger partial charge >= 0.3 is 0 Å². The van der Waals surface area contributed by atoms with Crippen LogP contribution in [0.3, 0.4) is 0 Å². The number of rotatable bonds is 6. The first-order valence-electron chi connectivity index (χ1n) is 9.07. The van der Waals surface area contributed by atoms with Crippen LogP contribution >= 0.6 is 0 Å². The standard InChI is InChI=1S/C20H19N3O6S/c24-19(15-6-8-17(9-7-15)23(26)27)22-18(12-14-4-2-1-3-5-14)20(25)21-16-10-11-30(28,29)13-16/h1-9,12,16H,10-11,13H2,(H,21,25)(H,22,24)/b18-12+. The highest BCUT2D eigenvalue weighted by atomic mass is 32.2. The molecule has 0 bridgehead atoms. The highest BCUT2D eigenvalue weighted by molar-refractivity contribution is 7.91. The number of nitro benzene ring substituents is 1. The molecule has 1 fully saturated rings. The molecule has 0 aromatic heterocycles.